The maximum absolute atomic E-state index is 14.5. The van der Waals surface area contributed by atoms with Crippen LogP contribution in [0, 0.1) is 5.82 Å². The number of anilines is 1. The molecule has 2 N–H and O–H groups in total. The monoisotopic (exact) mass is 505 g/mol. The van der Waals surface area contributed by atoms with Gasteiger partial charge in [0.05, 0.1) is 27.8 Å². The summed E-state index contributed by atoms with van der Waals surface area (Å²) in [6.45, 7) is 1.77. The Labute approximate surface area is 198 Å². The highest BCUT2D eigenvalue weighted by molar-refractivity contribution is 7.93. The van der Waals surface area contributed by atoms with Crippen LogP contribution in [0.4, 0.5) is 14.9 Å². The average Bonchev–Trinajstić information content (AvgIpc) is 3.03. The molecule has 0 saturated heterocycles. The number of rotatable bonds is 6. The highest BCUT2D eigenvalue weighted by atomic mass is 35.5. The molecule has 0 aliphatic carbocycles. The minimum atomic E-state index is -4.59. The molecule has 0 spiro atoms. The van der Waals surface area contributed by atoms with Crippen LogP contribution in [-0.4, -0.2) is 37.1 Å². The third kappa shape index (κ3) is 3.53. The van der Waals surface area contributed by atoms with E-state index < -0.39 is 44.1 Å². The minimum absolute atomic E-state index is 0.0843. The van der Waals surface area contributed by atoms with Crippen molar-refractivity contribution in [3.05, 3.63) is 82.8 Å². The van der Waals surface area contributed by atoms with E-state index in [-0.39, 0.29) is 28.5 Å². The summed E-state index contributed by atoms with van der Waals surface area (Å²) < 4.78 is 47.5. The SMILES string of the molecule is CCOc1ncccc1C1(NC(=O)O)C(=O)N(S(=O)(=O)c2ccccc2)c2cc(F)c(Cl)cc21. The highest BCUT2D eigenvalue weighted by Gasteiger charge is 2.59. The van der Waals surface area contributed by atoms with Gasteiger partial charge in [-0.3, -0.25) is 10.1 Å². The van der Waals surface area contributed by atoms with Gasteiger partial charge in [-0.05, 0) is 37.3 Å². The molecule has 0 bridgehead atoms. The molecule has 1 atom stereocenters. The van der Waals surface area contributed by atoms with Crippen LogP contribution in [0.15, 0.2) is 65.7 Å². The predicted octanol–water partition coefficient (Wildman–Crippen LogP) is 3.52. The summed E-state index contributed by atoms with van der Waals surface area (Å²) in [4.78, 5) is 29.7. The van der Waals surface area contributed by atoms with Gasteiger partial charge in [-0.25, -0.2) is 22.6 Å². The third-order valence-corrected chi connectivity index (χ3v) is 7.20. The van der Waals surface area contributed by atoms with E-state index in [0.29, 0.717) is 4.31 Å². The molecule has 2 aromatic carbocycles. The van der Waals surface area contributed by atoms with Crippen LogP contribution in [0.5, 0.6) is 5.88 Å². The van der Waals surface area contributed by atoms with Crippen LogP contribution < -0.4 is 14.4 Å². The first kappa shape index (κ1) is 23.5. The summed E-state index contributed by atoms with van der Waals surface area (Å²) in [6, 6.07) is 11.6. The lowest BCUT2D eigenvalue weighted by molar-refractivity contribution is -0.121. The van der Waals surface area contributed by atoms with E-state index >= 15 is 0 Å². The zero-order valence-electron chi connectivity index (χ0n) is 17.5. The van der Waals surface area contributed by atoms with Crippen molar-refractivity contribution in [2.75, 3.05) is 10.9 Å². The van der Waals surface area contributed by atoms with Gasteiger partial charge in [0.2, 0.25) is 5.88 Å². The van der Waals surface area contributed by atoms with Crippen molar-refractivity contribution < 1.29 is 32.2 Å². The molecule has 0 fully saturated rings. The Balaban J connectivity index is 2.10. The number of carbonyl (C=O) groups is 2. The number of sulfonamides is 1. The molecule has 1 unspecified atom stereocenters. The van der Waals surface area contributed by atoms with Crippen molar-refractivity contribution in [1.29, 1.82) is 0 Å². The Morgan fingerprint density at radius 2 is 1.91 bits per heavy atom. The Morgan fingerprint density at radius 1 is 1.21 bits per heavy atom. The number of hydrogen-bond donors (Lipinski definition) is 2. The van der Waals surface area contributed by atoms with Crippen LogP contribution >= 0.6 is 11.6 Å². The van der Waals surface area contributed by atoms with Crippen LogP contribution in [0.3, 0.4) is 0 Å². The second kappa shape index (κ2) is 8.58. The largest absolute Gasteiger partial charge is 0.478 e. The minimum Gasteiger partial charge on any atom is -0.478 e. The number of aromatic nitrogens is 1. The lowest BCUT2D eigenvalue weighted by Gasteiger charge is -2.30. The van der Waals surface area contributed by atoms with Crippen LogP contribution in [0.2, 0.25) is 5.02 Å². The number of benzene rings is 2. The molecular formula is C22H17ClFN3O6S. The van der Waals surface area contributed by atoms with E-state index in [9.17, 15) is 27.5 Å². The zero-order valence-corrected chi connectivity index (χ0v) is 19.1. The number of ether oxygens (including phenoxy) is 1. The lowest BCUT2D eigenvalue weighted by Crippen LogP contribution is -2.54. The van der Waals surface area contributed by atoms with Crippen molar-refractivity contribution in [2.24, 2.45) is 0 Å². The number of hydrogen-bond acceptors (Lipinski definition) is 6. The van der Waals surface area contributed by atoms with Crippen LogP contribution in [0.1, 0.15) is 18.1 Å². The summed E-state index contributed by atoms with van der Waals surface area (Å²) in [7, 11) is -4.59. The molecule has 2 amide bonds. The van der Waals surface area contributed by atoms with E-state index in [2.05, 4.69) is 10.3 Å². The van der Waals surface area contributed by atoms with Gasteiger partial charge >= 0.3 is 6.09 Å². The maximum Gasteiger partial charge on any atom is 0.406 e. The molecule has 4 rings (SSSR count). The van der Waals surface area contributed by atoms with E-state index in [4.69, 9.17) is 16.3 Å². The van der Waals surface area contributed by atoms with E-state index in [1.807, 2.05) is 0 Å². The van der Waals surface area contributed by atoms with Gasteiger partial charge in [0, 0.05) is 17.8 Å². The molecule has 1 aliphatic rings. The number of carboxylic acid groups (broad SMARTS) is 1. The summed E-state index contributed by atoms with van der Waals surface area (Å²) in [5, 5.41) is 11.4. The van der Waals surface area contributed by atoms with Crippen molar-refractivity contribution in [3.63, 3.8) is 0 Å². The fourth-order valence-electron chi connectivity index (χ4n) is 3.85. The second-order valence-corrected chi connectivity index (χ2v) is 9.33. The topological polar surface area (TPSA) is 126 Å². The summed E-state index contributed by atoms with van der Waals surface area (Å²) >= 11 is 5.99. The Morgan fingerprint density at radius 3 is 2.56 bits per heavy atom. The number of pyridine rings is 1. The molecule has 176 valence electrons. The number of nitrogens with zero attached hydrogens (tertiary/aromatic N) is 2. The number of fused-ring (bicyclic) bond motifs is 1. The van der Waals surface area contributed by atoms with Crippen molar-refractivity contribution >= 4 is 39.3 Å². The Bertz CT molecular complexity index is 1400. The molecule has 34 heavy (non-hydrogen) atoms. The fourth-order valence-corrected chi connectivity index (χ4v) is 5.50. The number of carbonyl (C=O) groups excluding carboxylic acids is 1. The summed E-state index contributed by atoms with van der Waals surface area (Å²) in [5.41, 5.74) is -3.02. The maximum atomic E-state index is 14.5. The van der Waals surface area contributed by atoms with E-state index in [1.165, 1.54) is 42.6 Å². The quantitative estimate of drug-likeness (QED) is 0.525. The van der Waals surface area contributed by atoms with Gasteiger partial charge in [0.1, 0.15) is 5.82 Å². The lowest BCUT2D eigenvalue weighted by atomic mass is 9.84. The number of nitrogens with one attached hydrogen (secondary N) is 1. The van der Waals surface area contributed by atoms with Gasteiger partial charge in [-0.2, -0.15) is 4.31 Å². The third-order valence-electron chi connectivity index (χ3n) is 5.20. The molecule has 1 aliphatic heterocycles. The molecule has 12 heteroatoms. The zero-order chi connectivity index (χ0) is 24.7. The van der Waals surface area contributed by atoms with Crippen LogP contribution in [-0.2, 0) is 20.4 Å². The van der Waals surface area contributed by atoms with Gasteiger partial charge < -0.3 is 9.84 Å². The van der Waals surface area contributed by atoms with Crippen molar-refractivity contribution in [3.8, 4) is 5.88 Å². The molecule has 3 aromatic rings. The van der Waals surface area contributed by atoms with Crippen LogP contribution in [0.25, 0.3) is 0 Å². The molecule has 0 radical (unpaired) electrons. The molecular weight excluding hydrogens is 489 g/mol. The van der Waals surface area contributed by atoms with E-state index in [1.54, 1.807) is 13.0 Å². The Hall–Kier alpha value is -3.70. The first-order chi connectivity index (χ1) is 16.1. The average molecular weight is 506 g/mol. The predicted molar refractivity (Wildman–Crippen MR) is 120 cm³/mol. The van der Waals surface area contributed by atoms with Gasteiger partial charge in [0.25, 0.3) is 15.9 Å². The number of halogens is 2. The first-order valence-corrected chi connectivity index (χ1v) is 11.7. The highest BCUT2D eigenvalue weighted by Crippen LogP contribution is 2.50. The van der Waals surface area contributed by atoms with E-state index in [0.717, 1.165) is 12.1 Å². The van der Waals surface area contributed by atoms with Gasteiger partial charge in [0.15, 0.2) is 5.54 Å². The second-order valence-electron chi connectivity index (χ2n) is 7.14. The van der Waals surface area contributed by atoms with Crippen molar-refractivity contribution in [2.45, 2.75) is 17.4 Å². The van der Waals surface area contributed by atoms with Gasteiger partial charge in [-0.15, -0.1) is 0 Å². The molecule has 1 aromatic heterocycles. The first-order valence-electron chi connectivity index (χ1n) is 9.88. The summed E-state index contributed by atoms with van der Waals surface area (Å²) in [5.74, 6) is -2.33. The Kier molecular flexibility index (Phi) is 5.92. The van der Waals surface area contributed by atoms with Crippen molar-refractivity contribution in [1.82, 2.24) is 10.3 Å². The molecule has 2 heterocycles. The molecule has 9 nitrogen and oxygen atoms in total. The number of amides is 2. The fraction of sp³-hybridized carbons (Fsp3) is 0.136. The van der Waals surface area contributed by atoms with Gasteiger partial charge in [-0.1, -0.05) is 29.8 Å². The molecule has 0 saturated carbocycles. The standard InChI is InChI=1S/C22H17ClFN3O6S/c1-2-33-19-14(9-6-10-25-19)22(26-21(29)30)15-11-16(23)17(24)12-18(15)27(20(22)28)34(31,32)13-7-4-3-5-8-13/h3-12,26H,2H2,1H3,(H,29,30). The normalized spacial score (nSPS) is 17.4. The summed E-state index contributed by atoms with van der Waals surface area (Å²) in [6.07, 6.45) is -0.288. The smallest absolute Gasteiger partial charge is 0.406 e.